The molecule has 31 heteroatoms. The number of carboxylic acids is 1. The zero-order valence-electron chi connectivity index (χ0n) is 60.2. The number of amides is 4. The lowest BCUT2D eigenvalue weighted by Gasteiger charge is -2.35. The van der Waals surface area contributed by atoms with E-state index in [9.17, 15) is 59.2 Å². The maximum atomic E-state index is 13.9. The van der Waals surface area contributed by atoms with E-state index in [1.165, 1.54) is 22.0 Å². The Balaban J connectivity index is 0.000000151. The molecule has 28 nitrogen and oxygen atoms in total. The Morgan fingerprint density at radius 2 is 0.813 bits per heavy atom. The number of nitriles is 3. The van der Waals surface area contributed by atoms with E-state index < -0.39 is 29.4 Å². The minimum atomic E-state index is -1.13. The van der Waals surface area contributed by atoms with Crippen molar-refractivity contribution in [3.63, 3.8) is 0 Å². The van der Waals surface area contributed by atoms with Crippen molar-refractivity contribution < 1.29 is 38.6 Å². The van der Waals surface area contributed by atoms with E-state index in [0.29, 0.717) is 114 Å². The number of aromatic nitrogens is 6. The molecule has 556 valence electrons. The Bertz CT molecular complexity index is 5230. The van der Waals surface area contributed by atoms with Gasteiger partial charge in [-0.1, -0.05) is 54.6 Å². The van der Waals surface area contributed by atoms with Crippen LogP contribution in [0.1, 0.15) is 168 Å². The molecule has 3 atom stereocenters. The van der Waals surface area contributed by atoms with Crippen LogP contribution in [0.4, 0.5) is 27.4 Å². The normalized spacial score (nSPS) is 17.3. The monoisotopic (exact) mass is 1510 g/mol. The van der Waals surface area contributed by atoms with Crippen molar-refractivity contribution in [2.45, 2.75) is 167 Å². The minimum absolute atomic E-state index is 0.0125. The number of hydrogen-bond acceptors (Lipinski definition) is 23. The number of alkyl carbamates (subject to hydrolysis) is 2. The number of thiophene rings is 3. The Morgan fingerprint density at radius 1 is 0.486 bits per heavy atom. The summed E-state index contributed by atoms with van der Waals surface area (Å²) in [6.07, 6.45) is 7.82. The average Bonchev–Trinajstić information content (AvgIpc) is 1.67. The highest BCUT2D eigenvalue weighted by Gasteiger charge is 2.33. The third kappa shape index (κ3) is 18.6. The topological polar surface area (TPSA) is 384 Å². The fourth-order valence-electron chi connectivity index (χ4n) is 13.0. The first-order chi connectivity index (χ1) is 51.2. The fraction of sp³-hybridized carbons (Fsp3) is 0.421. The van der Waals surface area contributed by atoms with Gasteiger partial charge in [-0.3, -0.25) is 37.7 Å². The molecule has 3 aliphatic heterocycles. The third-order valence-corrected chi connectivity index (χ3v) is 21.6. The molecule has 3 aromatic carbocycles. The van der Waals surface area contributed by atoms with Crippen LogP contribution in [0.25, 0.3) is 30.6 Å². The number of carbonyl (C=O) groups is 5. The van der Waals surface area contributed by atoms with Crippen molar-refractivity contribution in [1.82, 2.24) is 49.9 Å². The quantitative estimate of drug-likeness (QED) is 0.0524. The number of nitrogens with two attached hydrogens (primary N) is 1. The molecule has 2 saturated carbocycles. The second-order valence-corrected chi connectivity index (χ2v) is 32.4. The van der Waals surface area contributed by atoms with Crippen molar-refractivity contribution in [2.75, 3.05) is 54.0 Å². The van der Waals surface area contributed by atoms with Crippen LogP contribution in [0, 0.1) is 34.0 Å². The summed E-state index contributed by atoms with van der Waals surface area (Å²) in [7, 11) is 0. The molecule has 6 aromatic heterocycles. The summed E-state index contributed by atoms with van der Waals surface area (Å²) in [6, 6.07) is 32.8. The first-order valence-corrected chi connectivity index (χ1v) is 38.1. The third-order valence-electron chi connectivity index (χ3n) is 18.3. The number of hydrogen-bond donors (Lipinski definition) is 6. The van der Waals surface area contributed by atoms with Crippen LogP contribution in [-0.2, 0) is 29.1 Å². The first kappa shape index (κ1) is 75.6. The number of nitrogens with one attached hydrogen (secondary N) is 4. The van der Waals surface area contributed by atoms with E-state index in [-0.39, 0.29) is 87.9 Å². The standard InChI is InChI=1S/C28H32N6O4S.C25H27N5O5S.C23H24N6O2S/c1-28(2,3)38-27(37)31-20-9-6-12-33(16-20)26-32-21-13-22(24(35)30-19-10-11-19)39-23(21)25(36)34(26)15-18-8-5-4-7-17(18)14-29;1-25(2,3)35-24(34)27-17-9-6-10-29(14-17)23-28-18-11-19(22(32)33)36-20(18)21(31)30(23)13-16-8-5-4-7-15(16)12-26;24-11-14-4-1-2-5-15(14)12-29-22(31)20-18(10-19(32-20)21(30)26-17-7-8-17)27-23(29)28-9-3-6-16(25)13-28/h4-5,7-8,13,19-20H,6,9-12,15-16H2,1-3H3,(H,30,35)(H,31,37);4-5,7-8,11,17H,6,9-10,13-14H2,1-3H3,(H,27,34)(H,32,33);1-2,4-5,10,16-17H,3,6-9,12-13,25H2,(H,26,30)/t20-;17-;16-/m111/s1. The van der Waals surface area contributed by atoms with Gasteiger partial charge in [0.1, 0.15) is 30.2 Å². The van der Waals surface area contributed by atoms with Gasteiger partial charge in [0.15, 0.2) is 0 Å². The molecule has 5 fully saturated rings. The van der Waals surface area contributed by atoms with Crippen LogP contribution in [0.3, 0.4) is 0 Å². The number of nitrogens with zero attached hydrogens (tertiary/aromatic N) is 12. The van der Waals surface area contributed by atoms with Crippen LogP contribution in [-0.4, -0.2) is 144 Å². The molecule has 0 bridgehead atoms. The molecule has 0 spiro atoms. The second-order valence-electron chi connectivity index (χ2n) is 29.2. The molecule has 7 N–H and O–H groups in total. The molecule has 4 amide bonds. The van der Waals surface area contributed by atoms with Gasteiger partial charge >= 0.3 is 18.2 Å². The molecule has 0 unspecified atom stereocenters. The summed E-state index contributed by atoms with van der Waals surface area (Å²) in [6.45, 7) is 14.8. The minimum Gasteiger partial charge on any atom is -0.477 e. The largest absolute Gasteiger partial charge is 0.477 e. The number of carboxylic acid groups (broad SMARTS) is 1. The number of piperidine rings is 3. The van der Waals surface area contributed by atoms with Gasteiger partial charge < -0.3 is 56.3 Å². The van der Waals surface area contributed by atoms with Gasteiger partial charge in [0, 0.05) is 69.5 Å². The summed E-state index contributed by atoms with van der Waals surface area (Å²) in [4.78, 5) is 124. The van der Waals surface area contributed by atoms with Crippen molar-refractivity contribution in [3.8, 4) is 18.2 Å². The lowest BCUT2D eigenvalue weighted by atomic mass is 10.1. The molecule has 9 heterocycles. The number of ether oxygens (including phenoxy) is 2. The molecule has 5 aliphatic rings. The maximum Gasteiger partial charge on any atom is 0.407 e. The Morgan fingerprint density at radius 3 is 1.14 bits per heavy atom. The molecule has 2 aliphatic carbocycles. The van der Waals surface area contributed by atoms with Gasteiger partial charge in [-0.25, -0.2) is 29.3 Å². The lowest BCUT2D eigenvalue weighted by molar-refractivity contribution is 0.0488. The van der Waals surface area contributed by atoms with Crippen LogP contribution in [0.2, 0.25) is 0 Å². The van der Waals surface area contributed by atoms with E-state index in [4.69, 9.17) is 30.2 Å². The van der Waals surface area contributed by atoms with Gasteiger partial charge in [0.05, 0.1) is 80.8 Å². The zero-order valence-corrected chi connectivity index (χ0v) is 62.6. The molecule has 9 aromatic rings. The summed E-state index contributed by atoms with van der Waals surface area (Å²) < 4.78 is 16.6. The summed E-state index contributed by atoms with van der Waals surface area (Å²) >= 11 is 3.20. The van der Waals surface area contributed by atoms with Crippen molar-refractivity contribution >= 4 is 112 Å². The first-order valence-electron chi connectivity index (χ1n) is 35.6. The Kier molecular flexibility index (Phi) is 22.9. The van der Waals surface area contributed by atoms with E-state index in [1.807, 2.05) is 59.7 Å². The van der Waals surface area contributed by atoms with E-state index in [0.717, 1.165) is 99.0 Å². The predicted octanol–water partition coefficient (Wildman–Crippen LogP) is 9.53. The fourth-order valence-corrected chi connectivity index (χ4v) is 15.7. The van der Waals surface area contributed by atoms with Crippen molar-refractivity contribution in [2.24, 2.45) is 5.73 Å². The summed E-state index contributed by atoms with van der Waals surface area (Å²) in [5, 5.41) is 49.9. The van der Waals surface area contributed by atoms with Gasteiger partial charge in [0.2, 0.25) is 17.8 Å². The van der Waals surface area contributed by atoms with Gasteiger partial charge in [-0.2, -0.15) is 15.8 Å². The van der Waals surface area contributed by atoms with E-state index >= 15 is 0 Å². The van der Waals surface area contributed by atoms with Crippen molar-refractivity contribution in [3.05, 3.63) is 170 Å². The predicted molar refractivity (Wildman–Crippen MR) is 409 cm³/mol. The van der Waals surface area contributed by atoms with Gasteiger partial charge in [0.25, 0.3) is 28.5 Å². The number of aromatic carboxylic acids is 1. The van der Waals surface area contributed by atoms with E-state index in [2.05, 4.69) is 39.5 Å². The zero-order chi connectivity index (χ0) is 76.0. The summed E-state index contributed by atoms with van der Waals surface area (Å²) in [5.74, 6) is -0.119. The number of fused-ring (bicyclic) bond motifs is 3. The van der Waals surface area contributed by atoms with Gasteiger partial charge in [-0.15, -0.1) is 34.0 Å². The highest BCUT2D eigenvalue weighted by Crippen LogP contribution is 2.32. The number of anilines is 3. The molecular weight excluding hydrogens is 1420 g/mol. The molecule has 107 heavy (non-hydrogen) atoms. The molecule has 0 radical (unpaired) electrons. The summed E-state index contributed by atoms with van der Waals surface area (Å²) in [5.41, 5.74) is 8.99. The Hall–Kier alpha value is -11.0. The Labute approximate surface area is 628 Å². The average molecular weight is 1510 g/mol. The van der Waals surface area contributed by atoms with Crippen molar-refractivity contribution in [1.29, 1.82) is 15.8 Å². The molecular formula is C76H83N17O11S3. The van der Waals surface area contributed by atoms with Crippen LogP contribution >= 0.6 is 34.0 Å². The van der Waals surface area contributed by atoms with Crippen LogP contribution < -0.4 is 58.4 Å². The maximum absolute atomic E-state index is 13.9. The van der Waals surface area contributed by atoms with Crippen LogP contribution in [0.5, 0.6) is 0 Å². The van der Waals surface area contributed by atoms with E-state index in [1.54, 1.807) is 90.6 Å². The second kappa shape index (κ2) is 32.4. The molecule has 3 saturated heterocycles. The van der Waals surface area contributed by atoms with Gasteiger partial charge in [-0.05, 0) is 159 Å². The highest BCUT2D eigenvalue weighted by atomic mass is 32.1. The number of carbonyl (C=O) groups excluding carboxylic acids is 4. The lowest BCUT2D eigenvalue weighted by Crippen LogP contribution is -2.50. The smallest absolute Gasteiger partial charge is 0.407 e. The molecule has 14 rings (SSSR count). The number of benzene rings is 3. The number of rotatable bonds is 16. The van der Waals surface area contributed by atoms with Crippen LogP contribution in [0.15, 0.2) is 105 Å². The SMILES string of the molecule is CC(C)(C)OC(=O)N[C@@H]1CCCN(c2nc3cc(C(=O)NC4CC4)sc3c(=O)n2Cc2ccccc2C#N)C1.CC(C)(C)OC(=O)N[C@@H]1CCCN(c2nc3cc(C(=O)O)sc3c(=O)n2Cc2ccccc2C#N)C1.N#Cc1ccccc1Cn1c(N2CCC[C@@H](N)C2)nc2cc(C(=O)NC3CC3)sc2c1=O. The highest BCUT2D eigenvalue weighted by molar-refractivity contribution is 7.21.